The Bertz CT molecular complexity index is 1050. The highest BCUT2D eigenvalue weighted by Crippen LogP contribution is 2.28. The lowest BCUT2D eigenvalue weighted by molar-refractivity contribution is -0.117. The molecule has 0 unspecified atom stereocenters. The zero-order chi connectivity index (χ0) is 24.6. The van der Waals surface area contributed by atoms with Crippen LogP contribution in [-0.4, -0.2) is 63.4 Å². The third kappa shape index (κ3) is 6.71. The molecule has 1 N–H and O–H groups in total. The third-order valence-electron chi connectivity index (χ3n) is 5.84. The number of nitrogens with one attached hydrogen (secondary N) is 1. The van der Waals surface area contributed by atoms with E-state index < -0.39 is 10.0 Å². The van der Waals surface area contributed by atoms with Gasteiger partial charge in [-0.2, -0.15) is 4.31 Å². The number of hydrogen-bond acceptors (Lipinski definition) is 6. The number of sulfonamides is 1. The fourth-order valence-corrected chi connectivity index (χ4v) is 5.51. The SMILES string of the molecule is CCOc1ccc(CN(CC)CC(=O)Nc2ccc(S(=O)(=O)N3CCCCC3)cc2)cc1OC. The normalized spacial score (nSPS) is 14.7. The van der Waals surface area contributed by atoms with Gasteiger partial charge in [0.15, 0.2) is 11.5 Å². The minimum absolute atomic E-state index is 0.161. The molecule has 1 fully saturated rings. The van der Waals surface area contributed by atoms with Crippen LogP contribution < -0.4 is 14.8 Å². The van der Waals surface area contributed by atoms with Gasteiger partial charge in [0.05, 0.1) is 25.2 Å². The molecule has 186 valence electrons. The van der Waals surface area contributed by atoms with Crippen LogP contribution in [0, 0.1) is 0 Å². The Morgan fingerprint density at radius 1 is 1.03 bits per heavy atom. The number of nitrogens with zero attached hydrogens (tertiary/aromatic N) is 2. The summed E-state index contributed by atoms with van der Waals surface area (Å²) < 4.78 is 38.1. The summed E-state index contributed by atoms with van der Waals surface area (Å²) >= 11 is 0. The monoisotopic (exact) mass is 489 g/mol. The number of benzene rings is 2. The molecule has 0 radical (unpaired) electrons. The van der Waals surface area contributed by atoms with Gasteiger partial charge in [0.2, 0.25) is 15.9 Å². The maximum atomic E-state index is 12.8. The Balaban J connectivity index is 1.58. The summed E-state index contributed by atoms with van der Waals surface area (Å²) in [6, 6.07) is 12.2. The number of rotatable bonds is 11. The van der Waals surface area contributed by atoms with Crippen LogP contribution >= 0.6 is 0 Å². The Morgan fingerprint density at radius 3 is 2.35 bits per heavy atom. The lowest BCUT2D eigenvalue weighted by atomic mass is 10.2. The molecule has 0 atom stereocenters. The predicted molar refractivity (Wildman–Crippen MR) is 133 cm³/mol. The number of carbonyl (C=O) groups is 1. The van der Waals surface area contributed by atoms with Gasteiger partial charge in [-0.15, -0.1) is 0 Å². The van der Waals surface area contributed by atoms with Gasteiger partial charge in [-0.3, -0.25) is 9.69 Å². The lowest BCUT2D eigenvalue weighted by Crippen LogP contribution is -2.35. The molecule has 1 aliphatic heterocycles. The number of piperidine rings is 1. The Kier molecular flexibility index (Phi) is 9.32. The van der Waals surface area contributed by atoms with Gasteiger partial charge in [0.25, 0.3) is 0 Å². The number of hydrogen-bond donors (Lipinski definition) is 1. The topological polar surface area (TPSA) is 88.2 Å². The molecule has 2 aromatic carbocycles. The molecule has 1 aliphatic rings. The van der Waals surface area contributed by atoms with E-state index in [0.717, 1.165) is 24.8 Å². The second-order valence-corrected chi connectivity index (χ2v) is 10.2. The summed E-state index contributed by atoms with van der Waals surface area (Å²) in [6.07, 6.45) is 2.85. The van der Waals surface area contributed by atoms with E-state index in [9.17, 15) is 13.2 Å². The fraction of sp³-hybridized carbons (Fsp3) is 0.480. The number of likely N-dealkylation sites (N-methyl/N-ethyl adjacent to an activating group) is 1. The van der Waals surface area contributed by atoms with Gasteiger partial charge in [0.1, 0.15) is 0 Å². The van der Waals surface area contributed by atoms with Crippen molar-refractivity contribution >= 4 is 21.6 Å². The van der Waals surface area contributed by atoms with Crippen molar-refractivity contribution in [1.82, 2.24) is 9.21 Å². The maximum Gasteiger partial charge on any atom is 0.243 e. The highest BCUT2D eigenvalue weighted by atomic mass is 32.2. The number of amides is 1. The zero-order valence-corrected chi connectivity index (χ0v) is 21.1. The van der Waals surface area contributed by atoms with Crippen molar-refractivity contribution in [2.45, 2.75) is 44.6 Å². The van der Waals surface area contributed by atoms with E-state index in [4.69, 9.17) is 9.47 Å². The van der Waals surface area contributed by atoms with E-state index in [1.807, 2.05) is 36.9 Å². The van der Waals surface area contributed by atoms with Crippen molar-refractivity contribution < 1.29 is 22.7 Å². The van der Waals surface area contributed by atoms with Crippen LogP contribution in [-0.2, 0) is 21.4 Å². The van der Waals surface area contributed by atoms with Crippen LogP contribution in [0.15, 0.2) is 47.4 Å². The van der Waals surface area contributed by atoms with Crippen molar-refractivity contribution in [2.75, 3.05) is 45.2 Å². The van der Waals surface area contributed by atoms with Gasteiger partial charge in [0, 0.05) is 25.3 Å². The number of anilines is 1. The van der Waals surface area contributed by atoms with E-state index >= 15 is 0 Å². The van der Waals surface area contributed by atoms with E-state index in [2.05, 4.69) is 5.32 Å². The molecule has 0 spiro atoms. The van der Waals surface area contributed by atoms with Crippen molar-refractivity contribution in [1.29, 1.82) is 0 Å². The Labute approximate surface area is 202 Å². The van der Waals surface area contributed by atoms with Crippen LogP contribution in [0.5, 0.6) is 11.5 Å². The molecule has 3 rings (SSSR count). The summed E-state index contributed by atoms with van der Waals surface area (Å²) in [5.74, 6) is 1.20. The molecule has 1 saturated heterocycles. The van der Waals surface area contributed by atoms with Crippen LogP contribution in [0.25, 0.3) is 0 Å². The van der Waals surface area contributed by atoms with Gasteiger partial charge >= 0.3 is 0 Å². The van der Waals surface area contributed by atoms with Crippen molar-refractivity contribution in [3.8, 4) is 11.5 Å². The highest BCUT2D eigenvalue weighted by molar-refractivity contribution is 7.89. The van der Waals surface area contributed by atoms with Crippen molar-refractivity contribution in [2.24, 2.45) is 0 Å². The van der Waals surface area contributed by atoms with E-state index in [1.54, 1.807) is 35.7 Å². The first-order valence-corrected chi connectivity index (χ1v) is 13.2. The van der Waals surface area contributed by atoms with Crippen LogP contribution in [0.2, 0.25) is 0 Å². The summed E-state index contributed by atoms with van der Waals surface area (Å²) in [5, 5.41) is 2.87. The average Bonchev–Trinajstić information content (AvgIpc) is 2.85. The van der Waals surface area contributed by atoms with E-state index in [1.165, 1.54) is 0 Å². The maximum absolute atomic E-state index is 12.8. The minimum Gasteiger partial charge on any atom is -0.493 e. The molecule has 0 saturated carbocycles. The summed E-state index contributed by atoms with van der Waals surface area (Å²) in [7, 11) is -1.88. The molecule has 0 bridgehead atoms. The molecule has 2 aromatic rings. The van der Waals surface area contributed by atoms with E-state index in [-0.39, 0.29) is 17.3 Å². The van der Waals surface area contributed by atoms with Crippen LogP contribution in [0.4, 0.5) is 5.69 Å². The molecule has 8 nitrogen and oxygen atoms in total. The summed E-state index contributed by atoms with van der Waals surface area (Å²) in [6.45, 7) is 7.09. The molecule has 1 amide bonds. The number of ether oxygens (including phenoxy) is 2. The first-order valence-electron chi connectivity index (χ1n) is 11.8. The second-order valence-electron chi connectivity index (χ2n) is 8.26. The number of carbonyl (C=O) groups excluding carboxylic acids is 1. The summed E-state index contributed by atoms with van der Waals surface area (Å²) in [4.78, 5) is 14.9. The molecular weight excluding hydrogens is 454 g/mol. The minimum atomic E-state index is -3.48. The molecule has 0 aliphatic carbocycles. The third-order valence-corrected chi connectivity index (χ3v) is 7.75. The van der Waals surface area contributed by atoms with Crippen molar-refractivity contribution in [3.05, 3.63) is 48.0 Å². The van der Waals surface area contributed by atoms with Gasteiger partial charge in [-0.05, 0) is 68.3 Å². The fourth-order valence-electron chi connectivity index (χ4n) is 3.99. The van der Waals surface area contributed by atoms with Crippen LogP contribution in [0.1, 0.15) is 38.7 Å². The second kappa shape index (κ2) is 12.2. The number of methoxy groups -OCH3 is 1. The Morgan fingerprint density at radius 2 is 1.74 bits per heavy atom. The molecular formula is C25H35N3O5S. The quantitative estimate of drug-likeness (QED) is 0.518. The molecule has 0 aromatic heterocycles. The van der Waals surface area contributed by atoms with Gasteiger partial charge in [-0.25, -0.2) is 8.42 Å². The smallest absolute Gasteiger partial charge is 0.243 e. The Hall–Kier alpha value is -2.62. The standard InChI is InChI=1S/C25H35N3O5S/c1-4-27(18-20-9-14-23(33-5-2)24(17-20)32-3)19-25(29)26-21-10-12-22(13-11-21)34(30,31)28-15-7-6-8-16-28/h9-14,17H,4-8,15-16,18-19H2,1-3H3,(H,26,29). The zero-order valence-electron chi connectivity index (χ0n) is 20.2. The first-order chi connectivity index (χ1) is 16.4. The van der Waals surface area contributed by atoms with Crippen molar-refractivity contribution in [3.63, 3.8) is 0 Å². The highest BCUT2D eigenvalue weighted by Gasteiger charge is 2.25. The van der Waals surface area contributed by atoms with Gasteiger partial charge < -0.3 is 14.8 Å². The predicted octanol–water partition coefficient (Wildman–Crippen LogP) is 3.73. The average molecular weight is 490 g/mol. The largest absolute Gasteiger partial charge is 0.493 e. The molecule has 1 heterocycles. The van der Waals surface area contributed by atoms with Gasteiger partial charge in [-0.1, -0.05) is 19.4 Å². The van der Waals surface area contributed by atoms with E-state index in [0.29, 0.717) is 50.0 Å². The molecule has 34 heavy (non-hydrogen) atoms. The first kappa shape index (κ1) is 26.0. The van der Waals surface area contributed by atoms with Crippen LogP contribution in [0.3, 0.4) is 0 Å². The lowest BCUT2D eigenvalue weighted by Gasteiger charge is -2.26. The molecule has 9 heteroatoms. The summed E-state index contributed by atoms with van der Waals surface area (Å²) in [5.41, 5.74) is 1.59.